The van der Waals surface area contributed by atoms with E-state index in [9.17, 15) is 18.0 Å². The van der Waals surface area contributed by atoms with E-state index in [1.54, 1.807) is 43.3 Å². The number of nitrogens with one attached hydrogen (secondary N) is 1. The molecule has 1 atom stereocenters. The minimum Gasteiger partial charge on any atom is -0.462 e. The summed E-state index contributed by atoms with van der Waals surface area (Å²) in [5.74, 6) is -1.31. The number of ether oxygens (including phenoxy) is 1. The Labute approximate surface area is 181 Å². The number of rotatable bonds is 6. The second-order valence-corrected chi connectivity index (χ2v) is 9.26. The molecule has 1 heterocycles. The summed E-state index contributed by atoms with van der Waals surface area (Å²) >= 11 is 6.14. The molecule has 160 valence electrons. The van der Waals surface area contributed by atoms with Crippen molar-refractivity contribution in [3.8, 4) is 0 Å². The first kappa shape index (κ1) is 22.3. The Hall–Kier alpha value is -2.42. The number of benzene rings is 2. The highest BCUT2D eigenvalue weighted by atomic mass is 35.5. The number of carbonyl (C=O) groups excluding carboxylic acids is 2. The summed E-state index contributed by atoms with van der Waals surface area (Å²) in [6.45, 7) is 2.42. The number of halogens is 1. The van der Waals surface area contributed by atoms with Gasteiger partial charge in [-0.15, -0.1) is 0 Å². The van der Waals surface area contributed by atoms with Crippen LogP contribution < -0.4 is 5.32 Å². The van der Waals surface area contributed by atoms with Crippen LogP contribution in [0, 0.1) is 5.92 Å². The van der Waals surface area contributed by atoms with E-state index in [-0.39, 0.29) is 34.5 Å². The fraction of sp³-hybridized carbons (Fsp3) is 0.333. The number of esters is 1. The zero-order valence-electron chi connectivity index (χ0n) is 16.5. The van der Waals surface area contributed by atoms with Gasteiger partial charge < -0.3 is 10.1 Å². The summed E-state index contributed by atoms with van der Waals surface area (Å²) in [6, 6.07) is 12.7. The number of sulfonamides is 1. The topological polar surface area (TPSA) is 92.8 Å². The lowest BCUT2D eigenvalue weighted by Crippen LogP contribution is -2.43. The number of hydrogen-bond donors (Lipinski definition) is 1. The van der Waals surface area contributed by atoms with Crippen molar-refractivity contribution in [2.45, 2.75) is 24.7 Å². The van der Waals surface area contributed by atoms with Crippen LogP contribution in [0.2, 0.25) is 5.02 Å². The highest BCUT2D eigenvalue weighted by Gasteiger charge is 2.33. The molecule has 7 nitrogen and oxygen atoms in total. The second kappa shape index (κ2) is 9.59. The fourth-order valence-corrected chi connectivity index (χ4v) is 5.13. The maximum absolute atomic E-state index is 12.8. The summed E-state index contributed by atoms with van der Waals surface area (Å²) in [7, 11) is -3.65. The molecule has 1 amide bonds. The molecule has 1 saturated heterocycles. The van der Waals surface area contributed by atoms with Gasteiger partial charge in [-0.05, 0) is 50.1 Å². The van der Waals surface area contributed by atoms with E-state index in [1.807, 2.05) is 0 Å². The van der Waals surface area contributed by atoms with Gasteiger partial charge in [0, 0.05) is 18.8 Å². The van der Waals surface area contributed by atoms with Crippen molar-refractivity contribution in [1.29, 1.82) is 0 Å². The van der Waals surface area contributed by atoms with E-state index >= 15 is 0 Å². The minimum atomic E-state index is -3.65. The summed E-state index contributed by atoms with van der Waals surface area (Å²) in [5.41, 5.74) is 0.649. The molecule has 30 heavy (non-hydrogen) atoms. The van der Waals surface area contributed by atoms with Crippen molar-refractivity contribution in [2.75, 3.05) is 25.0 Å². The Kier molecular flexibility index (Phi) is 7.12. The molecule has 0 unspecified atom stereocenters. The van der Waals surface area contributed by atoms with Crippen LogP contribution in [0.3, 0.4) is 0 Å². The zero-order valence-corrected chi connectivity index (χ0v) is 18.1. The Morgan fingerprint density at radius 2 is 1.93 bits per heavy atom. The van der Waals surface area contributed by atoms with Crippen LogP contribution in [0.5, 0.6) is 0 Å². The van der Waals surface area contributed by atoms with Gasteiger partial charge in [0.1, 0.15) is 0 Å². The van der Waals surface area contributed by atoms with E-state index in [4.69, 9.17) is 16.3 Å². The summed E-state index contributed by atoms with van der Waals surface area (Å²) in [5, 5.41) is 2.94. The monoisotopic (exact) mass is 450 g/mol. The largest absolute Gasteiger partial charge is 0.462 e. The van der Waals surface area contributed by atoms with Crippen molar-refractivity contribution in [3.63, 3.8) is 0 Å². The smallest absolute Gasteiger partial charge is 0.339 e. The zero-order chi connectivity index (χ0) is 21.7. The molecule has 1 fully saturated rings. The first-order valence-corrected chi connectivity index (χ1v) is 11.5. The predicted molar refractivity (Wildman–Crippen MR) is 114 cm³/mol. The van der Waals surface area contributed by atoms with Gasteiger partial charge in [-0.2, -0.15) is 4.31 Å². The Morgan fingerprint density at radius 3 is 2.60 bits per heavy atom. The molecule has 1 N–H and O–H groups in total. The van der Waals surface area contributed by atoms with E-state index in [2.05, 4.69) is 5.32 Å². The number of carbonyl (C=O) groups is 2. The molecule has 0 saturated carbocycles. The van der Waals surface area contributed by atoms with Gasteiger partial charge in [0.2, 0.25) is 15.9 Å². The van der Waals surface area contributed by atoms with Gasteiger partial charge in [-0.1, -0.05) is 29.8 Å². The Morgan fingerprint density at radius 1 is 1.20 bits per heavy atom. The SMILES string of the molecule is CCOC(=O)c1ccc(NC(=O)[C@@H]2CCCN(S(=O)(=O)c3ccccc3)C2)cc1Cl. The molecule has 2 aromatic rings. The maximum atomic E-state index is 12.8. The molecular formula is C21H23ClN2O5S. The van der Waals surface area contributed by atoms with Crippen molar-refractivity contribution < 1.29 is 22.7 Å². The maximum Gasteiger partial charge on any atom is 0.339 e. The highest BCUT2D eigenvalue weighted by molar-refractivity contribution is 7.89. The van der Waals surface area contributed by atoms with Crippen molar-refractivity contribution in [3.05, 3.63) is 59.1 Å². The average molecular weight is 451 g/mol. The normalized spacial score (nSPS) is 17.3. The Balaban J connectivity index is 1.69. The third kappa shape index (κ3) is 5.00. The summed E-state index contributed by atoms with van der Waals surface area (Å²) in [4.78, 5) is 24.8. The summed E-state index contributed by atoms with van der Waals surface area (Å²) in [6.07, 6.45) is 1.17. The first-order valence-electron chi connectivity index (χ1n) is 9.65. The second-order valence-electron chi connectivity index (χ2n) is 6.92. The van der Waals surface area contributed by atoms with Crippen LogP contribution in [0.15, 0.2) is 53.4 Å². The van der Waals surface area contributed by atoms with Crippen molar-refractivity contribution in [2.24, 2.45) is 5.92 Å². The van der Waals surface area contributed by atoms with Crippen LogP contribution in [0.1, 0.15) is 30.1 Å². The van der Waals surface area contributed by atoms with Crippen molar-refractivity contribution in [1.82, 2.24) is 4.31 Å². The lowest BCUT2D eigenvalue weighted by Gasteiger charge is -2.31. The van der Waals surface area contributed by atoms with Gasteiger partial charge >= 0.3 is 5.97 Å². The molecule has 1 aliphatic rings. The third-order valence-corrected chi connectivity index (χ3v) is 7.06. The molecule has 0 aromatic heterocycles. The predicted octanol–water partition coefficient (Wildman–Crippen LogP) is 3.56. The van der Waals surface area contributed by atoms with Crippen molar-refractivity contribution >= 4 is 39.2 Å². The highest BCUT2D eigenvalue weighted by Crippen LogP contribution is 2.26. The van der Waals surface area contributed by atoms with E-state index in [1.165, 1.54) is 16.4 Å². The van der Waals surface area contributed by atoms with Gasteiger partial charge in [-0.3, -0.25) is 4.79 Å². The molecular weight excluding hydrogens is 428 g/mol. The molecule has 3 rings (SSSR count). The molecule has 2 aromatic carbocycles. The quantitative estimate of drug-likeness (QED) is 0.679. The number of piperidine rings is 1. The summed E-state index contributed by atoms with van der Waals surface area (Å²) < 4.78 is 32.0. The fourth-order valence-electron chi connectivity index (χ4n) is 3.33. The lowest BCUT2D eigenvalue weighted by molar-refractivity contribution is -0.120. The number of amides is 1. The Bertz CT molecular complexity index is 1030. The minimum absolute atomic E-state index is 0.109. The third-order valence-electron chi connectivity index (χ3n) is 4.87. The number of nitrogens with zero attached hydrogens (tertiary/aromatic N) is 1. The number of hydrogen-bond acceptors (Lipinski definition) is 5. The van der Waals surface area contributed by atoms with Crippen LogP contribution >= 0.6 is 11.6 Å². The van der Waals surface area contributed by atoms with Gasteiger partial charge in [-0.25, -0.2) is 13.2 Å². The van der Waals surface area contributed by atoms with E-state index in [0.717, 1.165) is 0 Å². The van der Waals surface area contributed by atoms with Gasteiger partial charge in [0.25, 0.3) is 0 Å². The van der Waals surface area contributed by atoms with Crippen LogP contribution in [-0.2, 0) is 19.6 Å². The van der Waals surface area contributed by atoms with E-state index in [0.29, 0.717) is 25.1 Å². The molecule has 0 aliphatic carbocycles. The lowest BCUT2D eigenvalue weighted by atomic mass is 9.98. The molecule has 0 bridgehead atoms. The van der Waals surface area contributed by atoms with Gasteiger partial charge in [0.05, 0.1) is 28.0 Å². The van der Waals surface area contributed by atoms with Gasteiger partial charge in [0.15, 0.2) is 0 Å². The molecule has 0 spiro atoms. The van der Waals surface area contributed by atoms with Crippen LogP contribution in [0.4, 0.5) is 5.69 Å². The average Bonchev–Trinajstić information content (AvgIpc) is 2.74. The number of anilines is 1. The first-order chi connectivity index (χ1) is 14.3. The molecule has 1 aliphatic heterocycles. The molecule has 9 heteroatoms. The van der Waals surface area contributed by atoms with Crippen LogP contribution in [0.25, 0.3) is 0 Å². The van der Waals surface area contributed by atoms with E-state index < -0.39 is 21.9 Å². The standard InChI is InChI=1S/C21H23ClN2O5S/c1-2-29-21(26)18-11-10-16(13-19(18)22)23-20(25)15-7-6-12-24(14-15)30(27,28)17-8-4-3-5-9-17/h3-5,8-11,13,15H,2,6-7,12,14H2,1H3,(H,23,25)/t15-/m1/s1. The molecule has 0 radical (unpaired) electrons. The van der Waals surface area contributed by atoms with Crippen LogP contribution in [-0.4, -0.2) is 44.3 Å².